The number of hydrogen-bond donors (Lipinski definition) is 1. The van der Waals surface area contributed by atoms with Crippen molar-refractivity contribution in [3.05, 3.63) is 54.1 Å². The van der Waals surface area contributed by atoms with Crippen LogP contribution in [0, 0.1) is 0 Å². The first-order chi connectivity index (χ1) is 12.9. The zero-order valence-corrected chi connectivity index (χ0v) is 16.4. The van der Waals surface area contributed by atoms with Crippen LogP contribution in [-0.4, -0.2) is 39.5 Å². The number of carbonyl (C=O) groups is 1. The second-order valence-corrected chi connectivity index (χ2v) is 8.35. The summed E-state index contributed by atoms with van der Waals surface area (Å²) in [6.45, 7) is 2.58. The van der Waals surface area contributed by atoms with E-state index in [4.69, 9.17) is 9.47 Å². The molecule has 0 saturated carbocycles. The van der Waals surface area contributed by atoms with Crippen LogP contribution < -0.4 is 14.8 Å². The molecule has 0 fully saturated rings. The van der Waals surface area contributed by atoms with E-state index in [0.717, 1.165) is 17.6 Å². The molecule has 0 heterocycles. The quantitative estimate of drug-likeness (QED) is 0.673. The molecule has 0 unspecified atom stereocenters. The zero-order chi connectivity index (χ0) is 19.7. The predicted molar refractivity (Wildman–Crippen MR) is 106 cm³/mol. The van der Waals surface area contributed by atoms with Gasteiger partial charge in [0.05, 0.1) is 12.4 Å². The summed E-state index contributed by atoms with van der Waals surface area (Å²) in [7, 11) is -3.07. The SMILES string of the molecule is CCOc1ccccc1CCC(=O)Nc1cccc(OCCS(C)(=O)=O)c1. The first-order valence-corrected chi connectivity index (χ1v) is 10.8. The molecular formula is C20H25NO5S. The van der Waals surface area contributed by atoms with Crippen molar-refractivity contribution in [1.82, 2.24) is 0 Å². The maximum absolute atomic E-state index is 12.2. The van der Waals surface area contributed by atoms with Crippen molar-refractivity contribution in [3.8, 4) is 11.5 Å². The van der Waals surface area contributed by atoms with Gasteiger partial charge < -0.3 is 14.8 Å². The molecule has 0 saturated heterocycles. The van der Waals surface area contributed by atoms with Crippen molar-refractivity contribution in [2.75, 3.05) is 30.5 Å². The number of amides is 1. The summed E-state index contributed by atoms with van der Waals surface area (Å²) in [5, 5.41) is 2.83. The normalized spacial score (nSPS) is 11.0. The minimum Gasteiger partial charge on any atom is -0.494 e. The number of rotatable bonds is 10. The molecule has 1 amide bonds. The summed E-state index contributed by atoms with van der Waals surface area (Å²) >= 11 is 0. The molecule has 0 radical (unpaired) electrons. The lowest BCUT2D eigenvalue weighted by atomic mass is 10.1. The van der Waals surface area contributed by atoms with Crippen LogP contribution in [0.3, 0.4) is 0 Å². The van der Waals surface area contributed by atoms with E-state index in [1.807, 2.05) is 31.2 Å². The van der Waals surface area contributed by atoms with Crippen molar-refractivity contribution in [1.29, 1.82) is 0 Å². The molecule has 0 bridgehead atoms. The Morgan fingerprint density at radius 3 is 2.59 bits per heavy atom. The van der Waals surface area contributed by atoms with Crippen LogP contribution in [0.15, 0.2) is 48.5 Å². The number of carbonyl (C=O) groups excluding carboxylic acids is 1. The van der Waals surface area contributed by atoms with Gasteiger partial charge in [-0.3, -0.25) is 4.79 Å². The Morgan fingerprint density at radius 2 is 1.85 bits per heavy atom. The van der Waals surface area contributed by atoms with E-state index in [-0.39, 0.29) is 18.3 Å². The highest BCUT2D eigenvalue weighted by Crippen LogP contribution is 2.21. The topological polar surface area (TPSA) is 81.7 Å². The number of aryl methyl sites for hydroxylation is 1. The van der Waals surface area contributed by atoms with Crippen molar-refractivity contribution >= 4 is 21.4 Å². The maximum Gasteiger partial charge on any atom is 0.224 e. The Hall–Kier alpha value is -2.54. The van der Waals surface area contributed by atoms with Gasteiger partial charge in [-0.1, -0.05) is 24.3 Å². The van der Waals surface area contributed by atoms with Crippen molar-refractivity contribution in [2.24, 2.45) is 0 Å². The fourth-order valence-electron chi connectivity index (χ4n) is 2.45. The van der Waals surface area contributed by atoms with E-state index in [1.54, 1.807) is 24.3 Å². The third kappa shape index (κ3) is 7.70. The van der Waals surface area contributed by atoms with Crippen LogP contribution in [-0.2, 0) is 21.1 Å². The molecule has 0 aliphatic carbocycles. The number of hydrogen-bond acceptors (Lipinski definition) is 5. The first-order valence-electron chi connectivity index (χ1n) is 8.78. The molecule has 2 aromatic carbocycles. The fraction of sp³-hybridized carbons (Fsp3) is 0.350. The highest BCUT2D eigenvalue weighted by molar-refractivity contribution is 7.90. The number of sulfone groups is 1. The molecule has 0 atom stereocenters. The molecule has 0 aliphatic heterocycles. The van der Waals surface area contributed by atoms with Gasteiger partial charge >= 0.3 is 0 Å². The van der Waals surface area contributed by atoms with Gasteiger partial charge in [0.1, 0.15) is 18.1 Å². The summed E-state index contributed by atoms with van der Waals surface area (Å²) in [6.07, 6.45) is 2.06. The summed E-state index contributed by atoms with van der Waals surface area (Å²) in [6, 6.07) is 14.6. The van der Waals surface area contributed by atoms with Gasteiger partial charge in [-0.05, 0) is 37.1 Å². The first kappa shape index (κ1) is 20.8. The molecule has 0 aliphatic rings. The Balaban J connectivity index is 1.88. The summed E-state index contributed by atoms with van der Waals surface area (Å²) in [5.41, 5.74) is 1.60. The minimum absolute atomic E-state index is 0.0528. The predicted octanol–water partition coefficient (Wildman–Crippen LogP) is 3.08. The highest BCUT2D eigenvalue weighted by atomic mass is 32.2. The average molecular weight is 391 g/mol. The van der Waals surface area contributed by atoms with E-state index < -0.39 is 9.84 Å². The smallest absolute Gasteiger partial charge is 0.224 e. The van der Waals surface area contributed by atoms with Crippen molar-refractivity contribution in [2.45, 2.75) is 19.8 Å². The van der Waals surface area contributed by atoms with Crippen LogP contribution in [0.2, 0.25) is 0 Å². The Bertz CT molecular complexity index is 864. The lowest BCUT2D eigenvalue weighted by molar-refractivity contribution is -0.116. The summed E-state index contributed by atoms with van der Waals surface area (Å²) < 4.78 is 33.3. The molecule has 146 valence electrons. The average Bonchev–Trinajstić information content (AvgIpc) is 2.60. The highest BCUT2D eigenvalue weighted by Gasteiger charge is 2.08. The summed E-state index contributed by atoms with van der Waals surface area (Å²) in [5.74, 6) is 1.14. The summed E-state index contributed by atoms with van der Waals surface area (Å²) in [4.78, 5) is 12.2. The second kappa shape index (κ2) is 9.97. The number of para-hydroxylation sites is 1. The van der Waals surface area contributed by atoms with Crippen LogP contribution in [0.25, 0.3) is 0 Å². The van der Waals surface area contributed by atoms with Gasteiger partial charge in [-0.25, -0.2) is 8.42 Å². The third-order valence-corrected chi connectivity index (χ3v) is 4.64. The van der Waals surface area contributed by atoms with E-state index in [0.29, 0.717) is 30.9 Å². The van der Waals surface area contributed by atoms with Crippen LogP contribution in [0.1, 0.15) is 18.9 Å². The van der Waals surface area contributed by atoms with Gasteiger partial charge in [-0.15, -0.1) is 0 Å². The Morgan fingerprint density at radius 1 is 1.07 bits per heavy atom. The number of anilines is 1. The lowest BCUT2D eigenvalue weighted by Crippen LogP contribution is -2.13. The lowest BCUT2D eigenvalue weighted by Gasteiger charge is -2.11. The van der Waals surface area contributed by atoms with Gasteiger partial charge in [0.15, 0.2) is 9.84 Å². The molecule has 6 nitrogen and oxygen atoms in total. The number of ether oxygens (including phenoxy) is 2. The van der Waals surface area contributed by atoms with Gasteiger partial charge in [0, 0.05) is 24.4 Å². The molecule has 0 aromatic heterocycles. The van der Waals surface area contributed by atoms with Gasteiger partial charge in [-0.2, -0.15) is 0 Å². The standard InChI is InChI=1S/C20H25NO5S/c1-3-25-19-10-5-4-7-16(19)11-12-20(22)21-17-8-6-9-18(15-17)26-13-14-27(2,23)24/h4-10,15H,3,11-14H2,1-2H3,(H,21,22). The number of nitrogens with one attached hydrogen (secondary N) is 1. The van der Waals surface area contributed by atoms with E-state index >= 15 is 0 Å². The minimum atomic E-state index is -3.07. The Kier molecular flexibility index (Phi) is 7.67. The zero-order valence-electron chi connectivity index (χ0n) is 15.6. The molecule has 0 spiro atoms. The molecule has 27 heavy (non-hydrogen) atoms. The third-order valence-electron chi connectivity index (χ3n) is 3.73. The molecule has 2 rings (SSSR count). The molecule has 7 heteroatoms. The second-order valence-electron chi connectivity index (χ2n) is 6.10. The molecule has 2 aromatic rings. The van der Waals surface area contributed by atoms with Crippen molar-refractivity contribution in [3.63, 3.8) is 0 Å². The van der Waals surface area contributed by atoms with Gasteiger partial charge in [0.25, 0.3) is 0 Å². The van der Waals surface area contributed by atoms with Crippen LogP contribution in [0.4, 0.5) is 5.69 Å². The van der Waals surface area contributed by atoms with Gasteiger partial charge in [0.2, 0.25) is 5.91 Å². The van der Waals surface area contributed by atoms with Crippen molar-refractivity contribution < 1.29 is 22.7 Å². The van der Waals surface area contributed by atoms with Crippen LogP contribution in [0.5, 0.6) is 11.5 Å². The number of benzene rings is 2. The van der Waals surface area contributed by atoms with Crippen LogP contribution >= 0.6 is 0 Å². The molecular weight excluding hydrogens is 366 g/mol. The largest absolute Gasteiger partial charge is 0.494 e. The maximum atomic E-state index is 12.2. The Labute approximate surface area is 160 Å². The van der Waals surface area contributed by atoms with E-state index in [2.05, 4.69) is 5.32 Å². The molecule has 1 N–H and O–H groups in total. The fourth-order valence-corrected chi connectivity index (χ4v) is 2.84. The van der Waals surface area contributed by atoms with E-state index in [1.165, 1.54) is 0 Å². The monoisotopic (exact) mass is 391 g/mol. The van der Waals surface area contributed by atoms with E-state index in [9.17, 15) is 13.2 Å².